The third kappa shape index (κ3) is 4.13. The van der Waals surface area contributed by atoms with Gasteiger partial charge in [-0.3, -0.25) is 4.68 Å². The highest BCUT2D eigenvalue weighted by molar-refractivity contribution is 9.10. The van der Waals surface area contributed by atoms with E-state index in [0.717, 1.165) is 11.0 Å². The highest BCUT2D eigenvalue weighted by atomic mass is 79.9. The van der Waals surface area contributed by atoms with Gasteiger partial charge >= 0.3 is 0 Å². The minimum Gasteiger partial charge on any atom is -0.494 e. The van der Waals surface area contributed by atoms with Crippen LogP contribution in [0.4, 0.5) is 0 Å². The molecule has 0 aliphatic heterocycles. The van der Waals surface area contributed by atoms with Crippen molar-refractivity contribution in [3.63, 3.8) is 0 Å². The minimum absolute atomic E-state index is 0.198. The molecule has 0 saturated heterocycles. The molecule has 0 radical (unpaired) electrons. The molecule has 0 saturated carbocycles. The maximum atomic E-state index is 12.6. The molecule has 0 atom stereocenters. The van der Waals surface area contributed by atoms with Crippen molar-refractivity contribution in [3.05, 3.63) is 40.6 Å². The Morgan fingerprint density at radius 1 is 1.26 bits per heavy atom. The molecule has 2 rings (SSSR count). The van der Waals surface area contributed by atoms with E-state index in [2.05, 4.69) is 21.0 Å². The van der Waals surface area contributed by atoms with E-state index in [1.165, 1.54) is 4.31 Å². The highest BCUT2D eigenvalue weighted by Gasteiger charge is 2.22. The van der Waals surface area contributed by atoms with Gasteiger partial charge in [-0.15, -0.1) is 0 Å². The second kappa shape index (κ2) is 7.46. The van der Waals surface area contributed by atoms with Crippen LogP contribution in [-0.4, -0.2) is 36.2 Å². The Labute approximate surface area is 145 Å². The monoisotopic (exact) mass is 401 g/mol. The van der Waals surface area contributed by atoms with E-state index in [4.69, 9.17) is 4.74 Å². The van der Waals surface area contributed by atoms with Gasteiger partial charge in [0.15, 0.2) is 0 Å². The van der Waals surface area contributed by atoms with E-state index in [9.17, 15) is 8.42 Å². The Kier molecular flexibility index (Phi) is 5.83. The molecular weight excluding hydrogens is 382 g/mol. The lowest BCUT2D eigenvalue weighted by Gasteiger charge is -2.16. The van der Waals surface area contributed by atoms with Gasteiger partial charge in [0.25, 0.3) is 0 Å². The lowest BCUT2D eigenvalue weighted by Crippen LogP contribution is -2.27. The van der Waals surface area contributed by atoms with Crippen LogP contribution in [0.2, 0.25) is 0 Å². The number of hydrogen-bond donors (Lipinski definition) is 0. The van der Waals surface area contributed by atoms with Crippen LogP contribution in [0.25, 0.3) is 0 Å². The number of ether oxygens (including phenoxy) is 1. The highest BCUT2D eigenvalue weighted by Crippen LogP contribution is 2.22. The van der Waals surface area contributed by atoms with Gasteiger partial charge in [0.1, 0.15) is 5.75 Å². The smallest absolute Gasteiger partial charge is 0.243 e. The van der Waals surface area contributed by atoms with Crippen molar-refractivity contribution in [2.24, 2.45) is 0 Å². The zero-order chi connectivity index (χ0) is 17.0. The van der Waals surface area contributed by atoms with E-state index in [1.54, 1.807) is 36.0 Å². The summed E-state index contributed by atoms with van der Waals surface area (Å²) in [7, 11) is -2.03. The number of nitrogens with zero attached hydrogens (tertiary/aromatic N) is 3. The number of rotatable bonds is 7. The molecule has 0 unspecified atom stereocenters. The van der Waals surface area contributed by atoms with Crippen molar-refractivity contribution in [3.8, 4) is 5.75 Å². The first-order valence-corrected chi connectivity index (χ1v) is 9.52. The summed E-state index contributed by atoms with van der Waals surface area (Å²) in [4.78, 5) is 0.231. The molecule has 0 spiro atoms. The molecule has 0 aliphatic rings. The van der Waals surface area contributed by atoms with E-state index < -0.39 is 10.0 Å². The summed E-state index contributed by atoms with van der Waals surface area (Å²) in [5.41, 5.74) is 0.684. The Balaban J connectivity index is 2.19. The quantitative estimate of drug-likeness (QED) is 0.715. The third-order valence-corrected chi connectivity index (χ3v) is 5.81. The van der Waals surface area contributed by atoms with E-state index >= 15 is 0 Å². The van der Waals surface area contributed by atoms with Crippen LogP contribution in [-0.2, 0) is 23.1 Å². The molecule has 2 aromatic rings. The zero-order valence-corrected chi connectivity index (χ0v) is 15.8. The number of benzene rings is 1. The average molecular weight is 402 g/mol. The van der Waals surface area contributed by atoms with Crippen LogP contribution in [0.15, 0.2) is 39.8 Å². The topological polar surface area (TPSA) is 64.4 Å². The molecule has 1 heterocycles. The number of aryl methyl sites for hydroxylation is 1. The summed E-state index contributed by atoms with van der Waals surface area (Å²) in [6.07, 6.45) is 1.84. The van der Waals surface area contributed by atoms with Crippen molar-refractivity contribution in [1.29, 1.82) is 0 Å². The van der Waals surface area contributed by atoms with Gasteiger partial charge < -0.3 is 4.74 Å². The van der Waals surface area contributed by atoms with Gasteiger partial charge in [-0.25, -0.2) is 8.42 Å². The summed E-state index contributed by atoms with van der Waals surface area (Å²) in [6.45, 7) is 5.33. The molecule has 126 valence electrons. The second-order valence-electron chi connectivity index (χ2n) is 4.94. The Hall–Kier alpha value is -1.38. The molecule has 6 nitrogen and oxygen atoms in total. The SMILES string of the molecule is CCOc1ccc(S(=O)(=O)N(C)Cc2nn(CC)cc2Br)cc1. The van der Waals surface area contributed by atoms with Crippen LogP contribution < -0.4 is 4.74 Å². The molecule has 8 heteroatoms. The standard InChI is InChI=1S/C15H20BrN3O3S/c1-4-19-10-14(16)15(17-19)11-18(3)23(20,21)13-8-6-12(7-9-13)22-5-2/h6-10H,4-5,11H2,1-3H3. The largest absolute Gasteiger partial charge is 0.494 e. The molecule has 23 heavy (non-hydrogen) atoms. The van der Waals surface area contributed by atoms with E-state index in [-0.39, 0.29) is 11.4 Å². The maximum absolute atomic E-state index is 12.6. The van der Waals surface area contributed by atoms with Crippen molar-refractivity contribution < 1.29 is 13.2 Å². The average Bonchev–Trinajstić information content (AvgIpc) is 2.88. The van der Waals surface area contributed by atoms with Crippen molar-refractivity contribution >= 4 is 26.0 Å². The first kappa shape index (κ1) is 18.0. The fourth-order valence-corrected chi connectivity index (χ4v) is 3.63. The fraction of sp³-hybridized carbons (Fsp3) is 0.400. The lowest BCUT2D eigenvalue weighted by molar-refractivity contribution is 0.340. The predicted octanol–water partition coefficient (Wildman–Crippen LogP) is 2.88. The van der Waals surface area contributed by atoms with Gasteiger partial charge in [-0.05, 0) is 54.0 Å². The third-order valence-electron chi connectivity index (χ3n) is 3.33. The first-order valence-electron chi connectivity index (χ1n) is 7.29. The van der Waals surface area contributed by atoms with Crippen LogP contribution in [0.5, 0.6) is 5.75 Å². The molecule has 0 bridgehead atoms. The molecule has 1 aromatic heterocycles. The van der Waals surface area contributed by atoms with Gasteiger partial charge in [0.05, 0.1) is 28.2 Å². The number of sulfonamides is 1. The molecule has 1 aromatic carbocycles. The first-order chi connectivity index (χ1) is 10.9. The van der Waals surface area contributed by atoms with E-state index in [0.29, 0.717) is 18.1 Å². The van der Waals surface area contributed by atoms with Gasteiger partial charge in [-0.2, -0.15) is 9.40 Å². The van der Waals surface area contributed by atoms with Crippen molar-refractivity contribution in [1.82, 2.24) is 14.1 Å². The molecule has 0 amide bonds. The van der Waals surface area contributed by atoms with Crippen molar-refractivity contribution in [2.45, 2.75) is 31.8 Å². The number of hydrogen-bond acceptors (Lipinski definition) is 4. The Bertz CT molecular complexity index is 757. The second-order valence-corrected chi connectivity index (χ2v) is 7.84. The van der Waals surface area contributed by atoms with Crippen molar-refractivity contribution in [2.75, 3.05) is 13.7 Å². The van der Waals surface area contributed by atoms with Gasteiger partial charge in [0.2, 0.25) is 10.0 Å². The molecule has 0 aliphatic carbocycles. The normalized spacial score (nSPS) is 11.9. The van der Waals surface area contributed by atoms with Crippen LogP contribution >= 0.6 is 15.9 Å². The predicted molar refractivity (Wildman–Crippen MR) is 91.9 cm³/mol. The zero-order valence-electron chi connectivity index (χ0n) is 13.4. The lowest BCUT2D eigenvalue weighted by atomic mass is 10.3. The molecular formula is C15H20BrN3O3S. The molecule has 0 N–H and O–H groups in total. The van der Waals surface area contributed by atoms with Gasteiger partial charge in [-0.1, -0.05) is 0 Å². The Morgan fingerprint density at radius 3 is 2.43 bits per heavy atom. The fourth-order valence-electron chi connectivity index (χ4n) is 2.06. The maximum Gasteiger partial charge on any atom is 0.243 e. The number of halogens is 1. The van der Waals surface area contributed by atoms with Crippen LogP contribution in [0, 0.1) is 0 Å². The minimum atomic E-state index is -3.58. The van der Waals surface area contributed by atoms with E-state index in [1.807, 2.05) is 20.0 Å². The summed E-state index contributed by atoms with van der Waals surface area (Å²) in [6, 6.07) is 6.42. The number of aromatic nitrogens is 2. The van der Waals surface area contributed by atoms with Crippen LogP contribution in [0.1, 0.15) is 19.5 Å². The van der Waals surface area contributed by atoms with Crippen LogP contribution in [0.3, 0.4) is 0 Å². The summed E-state index contributed by atoms with van der Waals surface area (Å²) in [5.74, 6) is 0.651. The Morgan fingerprint density at radius 2 is 1.91 bits per heavy atom. The summed E-state index contributed by atoms with van der Waals surface area (Å²) < 4.78 is 34.4. The summed E-state index contributed by atoms with van der Waals surface area (Å²) in [5, 5.41) is 4.36. The molecule has 0 fully saturated rings. The van der Waals surface area contributed by atoms with Gasteiger partial charge in [0, 0.05) is 19.8 Å². The summed E-state index contributed by atoms with van der Waals surface area (Å²) >= 11 is 3.41.